The molecular weight excluding hydrogens is 312 g/mol. The highest BCUT2D eigenvalue weighted by Gasteiger charge is 2.21. The zero-order chi connectivity index (χ0) is 18.0. The molecule has 1 amide bonds. The summed E-state index contributed by atoms with van der Waals surface area (Å²) in [5, 5.41) is 7.42. The third-order valence-corrected chi connectivity index (χ3v) is 4.61. The molecule has 2 heterocycles. The molecule has 25 heavy (non-hydrogen) atoms. The van der Waals surface area contributed by atoms with E-state index in [-0.39, 0.29) is 11.9 Å². The van der Waals surface area contributed by atoms with Gasteiger partial charge in [0.05, 0.1) is 23.0 Å². The Morgan fingerprint density at radius 3 is 2.56 bits per heavy atom. The number of benzene rings is 1. The maximum atomic E-state index is 12.8. The van der Waals surface area contributed by atoms with Crippen molar-refractivity contribution in [3.63, 3.8) is 0 Å². The van der Waals surface area contributed by atoms with E-state index >= 15 is 0 Å². The van der Waals surface area contributed by atoms with Crippen LogP contribution in [0.4, 0.5) is 0 Å². The number of aromatic nitrogens is 3. The number of rotatable bonds is 4. The lowest BCUT2D eigenvalue weighted by Crippen LogP contribution is -2.30. The molecule has 0 aliphatic carbocycles. The molecule has 0 saturated carbocycles. The molecule has 1 aromatic carbocycles. The number of H-pyrrole nitrogens is 1. The molecule has 0 bridgehead atoms. The Kier molecular flexibility index (Phi) is 4.65. The van der Waals surface area contributed by atoms with E-state index in [2.05, 4.69) is 15.2 Å². The molecule has 1 atom stereocenters. The Morgan fingerprint density at radius 2 is 1.88 bits per heavy atom. The summed E-state index contributed by atoms with van der Waals surface area (Å²) in [6.45, 7) is 5.88. The van der Waals surface area contributed by atoms with Crippen molar-refractivity contribution >= 4 is 5.91 Å². The first-order chi connectivity index (χ1) is 12.0. The smallest absolute Gasteiger partial charge is 0.255 e. The van der Waals surface area contributed by atoms with Crippen molar-refractivity contribution in [3.05, 3.63) is 71.2 Å². The molecule has 5 nitrogen and oxygen atoms in total. The highest BCUT2D eigenvalue weighted by molar-refractivity contribution is 5.94. The maximum Gasteiger partial charge on any atom is 0.255 e. The van der Waals surface area contributed by atoms with Gasteiger partial charge in [-0.1, -0.05) is 30.3 Å². The van der Waals surface area contributed by atoms with Crippen molar-refractivity contribution in [1.82, 2.24) is 20.1 Å². The van der Waals surface area contributed by atoms with Crippen LogP contribution in [0.15, 0.2) is 48.7 Å². The Morgan fingerprint density at radius 1 is 1.16 bits per heavy atom. The fourth-order valence-electron chi connectivity index (χ4n) is 2.66. The second-order valence-corrected chi connectivity index (χ2v) is 6.29. The molecule has 128 valence electrons. The maximum absolute atomic E-state index is 12.8. The minimum Gasteiger partial charge on any atom is -0.333 e. The van der Waals surface area contributed by atoms with Gasteiger partial charge in [0.2, 0.25) is 0 Å². The summed E-state index contributed by atoms with van der Waals surface area (Å²) < 4.78 is 0. The van der Waals surface area contributed by atoms with Gasteiger partial charge in [0.1, 0.15) is 0 Å². The van der Waals surface area contributed by atoms with Gasteiger partial charge in [0.25, 0.3) is 5.91 Å². The Hall–Kier alpha value is -2.95. The van der Waals surface area contributed by atoms with E-state index < -0.39 is 0 Å². The van der Waals surface area contributed by atoms with E-state index in [4.69, 9.17) is 0 Å². The molecular formula is C20H22N4O. The van der Waals surface area contributed by atoms with Gasteiger partial charge in [0, 0.05) is 24.5 Å². The Balaban J connectivity index is 1.80. The zero-order valence-corrected chi connectivity index (χ0v) is 14.9. The summed E-state index contributed by atoms with van der Waals surface area (Å²) in [7, 11) is 1.80. The summed E-state index contributed by atoms with van der Waals surface area (Å²) in [5.74, 6) is -0.0565. The molecule has 1 unspecified atom stereocenters. The predicted octanol–water partition coefficient (Wildman–Crippen LogP) is 3.92. The van der Waals surface area contributed by atoms with Crippen molar-refractivity contribution in [1.29, 1.82) is 0 Å². The molecule has 0 radical (unpaired) electrons. The molecule has 0 aliphatic rings. The van der Waals surface area contributed by atoms with Crippen molar-refractivity contribution in [2.45, 2.75) is 26.8 Å². The van der Waals surface area contributed by atoms with Gasteiger partial charge in [-0.15, -0.1) is 0 Å². The average molecular weight is 334 g/mol. The van der Waals surface area contributed by atoms with Gasteiger partial charge in [-0.2, -0.15) is 5.10 Å². The van der Waals surface area contributed by atoms with E-state index in [0.29, 0.717) is 5.56 Å². The summed E-state index contributed by atoms with van der Waals surface area (Å²) in [5.41, 5.74) is 5.36. The SMILES string of the molecule is Cc1cc(C(=O)N(C)C(C)c2cc(-c3ccccc3)n[nH]2)cnc1C. The molecule has 0 aliphatic heterocycles. The van der Waals surface area contributed by atoms with Crippen LogP contribution >= 0.6 is 0 Å². The molecule has 0 saturated heterocycles. The van der Waals surface area contributed by atoms with Gasteiger partial charge in [-0.25, -0.2) is 0 Å². The average Bonchev–Trinajstić information content (AvgIpc) is 3.13. The van der Waals surface area contributed by atoms with Gasteiger partial charge >= 0.3 is 0 Å². The second kappa shape index (κ2) is 6.89. The number of aromatic amines is 1. The molecule has 1 N–H and O–H groups in total. The lowest BCUT2D eigenvalue weighted by atomic mass is 10.1. The predicted molar refractivity (Wildman–Crippen MR) is 98.2 cm³/mol. The third kappa shape index (κ3) is 3.45. The first-order valence-corrected chi connectivity index (χ1v) is 8.28. The van der Waals surface area contributed by atoms with E-state index in [1.54, 1.807) is 18.1 Å². The minimum atomic E-state index is -0.126. The Bertz CT molecular complexity index is 886. The summed E-state index contributed by atoms with van der Waals surface area (Å²) >= 11 is 0. The fourth-order valence-corrected chi connectivity index (χ4v) is 2.66. The first-order valence-electron chi connectivity index (χ1n) is 8.28. The fraction of sp³-hybridized carbons (Fsp3) is 0.250. The van der Waals surface area contributed by atoms with Crippen molar-refractivity contribution in [2.24, 2.45) is 0 Å². The highest BCUT2D eigenvalue weighted by atomic mass is 16.2. The topological polar surface area (TPSA) is 61.9 Å². The van der Waals surface area contributed by atoms with Gasteiger partial charge < -0.3 is 4.90 Å². The number of nitrogens with one attached hydrogen (secondary N) is 1. The van der Waals surface area contributed by atoms with Crippen molar-refractivity contribution in [2.75, 3.05) is 7.05 Å². The van der Waals surface area contributed by atoms with Crippen LogP contribution in [-0.4, -0.2) is 33.0 Å². The van der Waals surface area contributed by atoms with Gasteiger partial charge in [0.15, 0.2) is 0 Å². The normalized spacial score (nSPS) is 12.0. The monoisotopic (exact) mass is 334 g/mol. The number of pyridine rings is 1. The second-order valence-electron chi connectivity index (χ2n) is 6.29. The number of nitrogens with zero attached hydrogens (tertiary/aromatic N) is 3. The van der Waals surface area contributed by atoms with Gasteiger partial charge in [-0.3, -0.25) is 14.9 Å². The zero-order valence-electron chi connectivity index (χ0n) is 14.9. The lowest BCUT2D eigenvalue weighted by molar-refractivity contribution is 0.0739. The molecule has 3 aromatic rings. The van der Waals surface area contributed by atoms with Crippen LogP contribution in [0.2, 0.25) is 0 Å². The van der Waals surface area contributed by atoms with Crippen LogP contribution in [0, 0.1) is 13.8 Å². The summed E-state index contributed by atoms with van der Waals surface area (Å²) in [6.07, 6.45) is 1.64. The number of carbonyl (C=O) groups excluding carboxylic acids is 1. The van der Waals surface area contributed by atoms with Crippen LogP contribution in [0.25, 0.3) is 11.3 Å². The van der Waals surface area contributed by atoms with Crippen LogP contribution in [-0.2, 0) is 0 Å². The minimum absolute atomic E-state index is 0.0565. The van der Waals surface area contributed by atoms with Crippen LogP contribution in [0.3, 0.4) is 0 Å². The number of carbonyl (C=O) groups is 1. The van der Waals surface area contributed by atoms with Crippen LogP contribution < -0.4 is 0 Å². The molecule has 3 rings (SSSR count). The van der Waals surface area contributed by atoms with Crippen LogP contribution in [0.5, 0.6) is 0 Å². The number of aryl methyl sites for hydroxylation is 2. The van der Waals surface area contributed by atoms with Crippen molar-refractivity contribution < 1.29 is 4.79 Å². The summed E-state index contributed by atoms with van der Waals surface area (Å²) in [6, 6.07) is 13.7. The quantitative estimate of drug-likeness (QED) is 0.786. The lowest BCUT2D eigenvalue weighted by Gasteiger charge is -2.24. The first kappa shape index (κ1) is 16.9. The van der Waals surface area contributed by atoms with E-state index in [1.165, 1.54) is 0 Å². The highest BCUT2D eigenvalue weighted by Crippen LogP contribution is 2.24. The van der Waals surface area contributed by atoms with E-state index in [1.807, 2.05) is 63.2 Å². The number of amides is 1. The van der Waals surface area contributed by atoms with Gasteiger partial charge in [-0.05, 0) is 38.5 Å². The third-order valence-electron chi connectivity index (χ3n) is 4.61. The molecule has 2 aromatic heterocycles. The standard InChI is InChI=1S/C20H22N4O/c1-13-10-17(12-21-14(13)2)20(25)24(4)15(3)18-11-19(23-22-18)16-8-6-5-7-9-16/h5-12,15H,1-4H3,(H,22,23). The van der Waals surface area contributed by atoms with E-state index in [0.717, 1.165) is 28.2 Å². The number of hydrogen-bond acceptors (Lipinski definition) is 3. The largest absolute Gasteiger partial charge is 0.333 e. The number of hydrogen-bond donors (Lipinski definition) is 1. The summed E-state index contributed by atoms with van der Waals surface area (Å²) in [4.78, 5) is 18.7. The van der Waals surface area contributed by atoms with Crippen LogP contribution in [0.1, 0.15) is 40.3 Å². The molecule has 0 spiro atoms. The molecule has 0 fully saturated rings. The molecule has 5 heteroatoms. The Labute approximate surface area is 147 Å². The van der Waals surface area contributed by atoms with Crippen molar-refractivity contribution in [3.8, 4) is 11.3 Å². The van der Waals surface area contributed by atoms with E-state index in [9.17, 15) is 4.79 Å².